The Labute approximate surface area is 131 Å². The van der Waals surface area contributed by atoms with Gasteiger partial charge < -0.3 is 15.4 Å². The van der Waals surface area contributed by atoms with E-state index in [9.17, 15) is 8.78 Å². The Balaban J connectivity index is 2.55. The third-order valence-electron chi connectivity index (χ3n) is 3.14. The summed E-state index contributed by atoms with van der Waals surface area (Å²) in [6, 6.07) is 3.54. The summed E-state index contributed by atoms with van der Waals surface area (Å²) in [6.07, 6.45) is 0.507. The smallest absolute Gasteiger partial charge is 0.191 e. The van der Waals surface area contributed by atoms with Gasteiger partial charge in [-0.25, -0.2) is 8.78 Å². The molecule has 0 aliphatic rings. The van der Waals surface area contributed by atoms with Crippen molar-refractivity contribution >= 4 is 5.96 Å². The van der Waals surface area contributed by atoms with Crippen LogP contribution >= 0.6 is 0 Å². The van der Waals surface area contributed by atoms with Crippen molar-refractivity contribution < 1.29 is 13.5 Å². The van der Waals surface area contributed by atoms with Gasteiger partial charge in [0.2, 0.25) is 0 Å². The molecular weight excluding hydrogens is 288 g/mol. The lowest BCUT2D eigenvalue weighted by molar-refractivity contribution is 0.0310. The van der Waals surface area contributed by atoms with Crippen LogP contribution in [0, 0.1) is 11.6 Å². The van der Waals surface area contributed by atoms with Gasteiger partial charge in [0.05, 0.1) is 12.1 Å². The van der Waals surface area contributed by atoms with Gasteiger partial charge in [-0.2, -0.15) is 0 Å². The molecule has 0 spiro atoms. The second-order valence-corrected chi connectivity index (χ2v) is 5.61. The van der Waals surface area contributed by atoms with Crippen LogP contribution in [0.2, 0.25) is 0 Å². The number of rotatable bonds is 7. The van der Waals surface area contributed by atoms with Crippen molar-refractivity contribution in [2.45, 2.75) is 32.8 Å². The summed E-state index contributed by atoms with van der Waals surface area (Å²) in [6.45, 7) is 7.65. The van der Waals surface area contributed by atoms with Gasteiger partial charge in [0.1, 0.15) is 11.6 Å². The van der Waals surface area contributed by atoms with E-state index in [0.717, 1.165) is 12.6 Å². The minimum absolute atomic E-state index is 0.339. The van der Waals surface area contributed by atoms with Crippen LogP contribution in [0.25, 0.3) is 0 Å². The number of halogens is 2. The number of aliphatic imine (C=N–C) groups is 1. The van der Waals surface area contributed by atoms with E-state index in [4.69, 9.17) is 4.74 Å². The van der Waals surface area contributed by atoms with Gasteiger partial charge in [-0.05, 0) is 44.9 Å². The molecule has 0 aliphatic heterocycles. The lowest BCUT2D eigenvalue weighted by atomic mass is 10.1. The van der Waals surface area contributed by atoms with Crippen molar-refractivity contribution in [2.75, 3.05) is 26.7 Å². The van der Waals surface area contributed by atoms with Crippen LogP contribution in [-0.2, 0) is 11.2 Å². The van der Waals surface area contributed by atoms with E-state index >= 15 is 0 Å². The maximum Gasteiger partial charge on any atom is 0.191 e. The highest BCUT2D eigenvalue weighted by Crippen LogP contribution is 2.08. The number of hydrogen-bond acceptors (Lipinski definition) is 2. The Morgan fingerprint density at radius 1 is 1.18 bits per heavy atom. The standard InChI is InChI=1S/C16H25F2N3O/c1-5-19-15(21-11-16(2,3)22-4)20-7-6-12-8-13(17)10-14(18)9-12/h8-10H,5-7,11H2,1-4H3,(H2,19,20,21). The minimum Gasteiger partial charge on any atom is -0.377 e. The molecule has 0 bridgehead atoms. The highest BCUT2D eigenvalue weighted by molar-refractivity contribution is 5.79. The number of ether oxygens (including phenoxy) is 1. The van der Waals surface area contributed by atoms with Gasteiger partial charge in [-0.15, -0.1) is 0 Å². The van der Waals surface area contributed by atoms with E-state index < -0.39 is 11.6 Å². The third kappa shape index (κ3) is 6.85. The molecule has 4 nitrogen and oxygen atoms in total. The second kappa shape index (κ2) is 8.68. The molecule has 0 aromatic heterocycles. The van der Waals surface area contributed by atoms with E-state index in [2.05, 4.69) is 15.6 Å². The Hall–Kier alpha value is -1.69. The maximum absolute atomic E-state index is 13.1. The minimum atomic E-state index is -0.558. The average molecular weight is 313 g/mol. The zero-order chi connectivity index (χ0) is 16.6. The first-order valence-corrected chi connectivity index (χ1v) is 7.38. The van der Waals surface area contributed by atoms with Gasteiger partial charge in [0, 0.05) is 26.3 Å². The van der Waals surface area contributed by atoms with Crippen LogP contribution in [0.15, 0.2) is 23.2 Å². The third-order valence-corrected chi connectivity index (χ3v) is 3.14. The predicted molar refractivity (Wildman–Crippen MR) is 85.1 cm³/mol. The van der Waals surface area contributed by atoms with E-state index in [-0.39, 0.29) is 5.60 Å². The number of guanidine groups is 1. The Kier molecular flexibility index (Phi) is 7.24. The molecule has 0 saturated carbocycles. The summed E-state index contributed by atoms with van der Waals surface area (Å²) >= 11 is 0. The first-order chi connectivity index (χ1) is 10.4. The number of nitrogens with one attached hydrogen (secondary N) is 2. The first kappa shape index (κ1) is 18.4. The zero-order valence-corrected chi connectivity index (χ0v) is 13.7. The fraction of sp³-hybridized carbons (Fsp3) is 0.562. The van der Waals surface area contributed by atoms with E-state index in [1.165, 1.54) is 12.1 Å². The summed E-state index contributed by atoms with van der Waals surface area (Å²) in [7, 11) is 1.65. The molecule has 22 heavy (non-hydrogen) atoms. The summed E-state index contributed by atoms with van der Waals surface area (Å²) < 4.78 is 31.6. The van der Waals surface area contributed by atoms with Crippen molar-refractivity contribution in [1.82, 2.24) is 10.6 Å². The molecule has 0 radical (unpaired) electrons. The van der Waals surface area contributed by atoms with E-state index in [0.29, 0.717) is 31.0 Å². The SMILES string of the molecule is CCNC(=NCC(C)(C)OC)NCCc1cc(F)cc(F)c1. The van der Waals surface area contributed by atoms with Crippen molar-refractivity contribution in [3.05, 3.63) is 35.4 Å². The van der Waals surface area contributed by atoms with Gasteiger partial charge >= 0.3 is 0 Å². The fourth-order valence-electron chi connectivity index (χ4n) is 1.76. The summed E-state index contributed by atoms with van der Waals surface area (Å²) in [5.74, 6) is -0.459. The van der Waals surface area contributed by atoms with Crippen molar-refractivity contribution in [3.63, 3.8) is 0 Å². The largest absolute Gasteiger partial charge is 0.377 e. The fourth-order valence-corrected chi connectivity index (χ4v) is 1.76. The highest BCUT2D eigenvalue weighted by Gasteiger charge is 2.15. The maximum atomic E-state index is 13.1. The Morgan fingerprint density at radius 2 is 1.82 bits per heavy atom. The van der Waals surface area contributed by atoms with Crippen LogP contribution in [-0.4, -0.2) is 38.3 Å². The molecule has 0 aliphatic carbocycles. The summed E-state index contributed by atoms with van der Waals surface area (Å²) in [5.41, 5.74) is 0.270. The molecule has 0 atom stereocenters. The van der Waals surface area contributed by atoms with Crippen molar-refractivity contribution in [3.8, 4) is 0 Å². The molecule has 0 heterocycles. The van der Waals surface area contributed by atoms with Crippen LogP contribution < -0.4 is 10.6 Å². The number of benzene rings is 1. The first-order valence-electron chi connectivity index (χ1n) is 7.38. The van der Waals surface area contributed by atoms with Gasteiger partial charge in [-0.1, -0.05) is 0 Å². The van der Waals surface area contributed by atoms with Crippen LogP contribution in [0.1, 0.15) is 26.3 Å². The van der Waals surface area contributed by atoms with E-state index in [1.54, 1.807) is 7.11 Å². The highest BCUT2D eigenvalue weighted by atomic mass is 19.1. The predicted octanol–water partition coefficient (Wildman–Crippen LogP) is 2.49. The lowest BCUT2D eigenvalue weighted by Crippen LogP contribution is -2.40. The molecule has 6 heteroatoms. The molecule has 124 valence electrons. The van der Waals surface area contributed by atoms with Crippen LogP contribution in [0.5, 0.6) is 0 Å². The van der Waals surface area contributed by atoms with Gasteiger partial charge in [0.15, 0.2) is 5.96 Å². The summed E-state index contributed by atoms with van der Waals surface area (Å²) in [4.78, 5) is 4.44. The molecular formula is C16H25F2N3O. The molecule has 1 rings (SSSR count). The number of hydrogen-bond donors (Lipinski definition) is 2. The lowest BCUT2D eigenvalue weighted by Gasteiger charge is -2.21. The Bertz CT molecular complexity index is 484. The quantitative estimate of drug-likeness (QED) is 0.600. The number of nitrogens with zero attached hydrogens (tertiary/aromatic N) is 1. The molecule has 0 fully saturated rings. The normalized spacial score (nSPS) is 12.4. The van der Waals surface area contributed by atoms with Crippen LogP contribution in [0.3, 0.4) is 0 Å². The van der Waals surface area contributed by atoms with Crippen molar-refractivity contribution in [2.24, 2.45) is 4.99 Å². The summed E-state index contributed by atoms with van der Waals surface area (Å²) in [5, 5.41) is 6.27. The topological polar surface area (TPSA) is 45.7 Å². The van der Waals surface area contributed by atoms with Crippen LogP contribution in [0.4, 0.5) is 8.78 Å². The molecule has 0 unspecified atom stereocenters. The zero-order valence-electron chi connectivity index (χ0n) is 13.7. The molecule has 0 saturated heterocycles. The Morgan fingerprint density at radius 3 is 2.36 bits per heavy atom. The number of methoxy groups -OCH3 is 1. The average Bonchev–Trinajstić information content (AvgIpc) is 2.44. The monoisotopic (exact) mass is 313 g/mol. The van der Waals surface area contributed by atoms with E-state index in [1.807, 2.05) is 20.8 Å². The van der Waals surface area contributed by atoms with Crippen molar-refractivity contribution in [1.29, 1.82) is 0 Å². The molecule has 1 aromatic rings. The van der Waals surface area contributed by atoms with Gasteiger partial charge in [-0.3, -0.25) is 4.99 Å². The van der Waals surface area contributed by atoms with Gasteiger partial charge in [0.25, 0.3) is 0 Å². The molecule has 0 amide bonds. The second-order valence-electron chi connectivity index (χ2n) is 5.61. The molecule has 2 N–H and O–H groups in total. The molecule has 1 aromatic carbocycles.